The molecule has 1 fully saturated rings. The lowest BCUT2D eigenvalue weighted by Crippen LogP contribution is -2.46. The average molecular weight is 451 g/mol. The van der Waals surface area contributed by atoms with Crippen molar-refractivity contribution in [2.75, 3.05) is 13.2 Å². The number of ether oxygens (including phenoxy) is 1. The standard InChI is InChI=1S/C26H30N2O5/c1-3-17(14-23(29)28-13-12-16(2)24(28)25(30)31)27-26(32)33-15-22-20-10-6-4-8-18(20)19-9-5-7-11-21(19)22/h4-11,16-17,22,24H,3,12-15H2,1-2H3,(H,27,32)(H,30,31)/t16?,17-,24?/m1/s1. The molecule has 1 heterocycles. The number of hydrogen-bond donors (Lipinski definition) is 2. The van der Waals surface area contributed by atoms with Crippen LogP contribution in [0.5, 0.6) is 0 Å². The van der Waals surface area contributed by atoms with Gasteiger partial charge < -0.3 is 20.1 Å². The maximum absolute atomic E-state index is 12.8. The molecule has 33 heavy (non-hydrogen) atoms. The Kier molecular flexibility index (Phi) is 6.67. The molecule has 1 aliphatic carbocycles. The van der Waals surface area contributed by atoms with Gasteiger partial charge in [0.25, 0.3) is 0 Å². The van der Waals surface area contributed by atoms with Crippen LogP contribution in [0, 0.1) is 5.92 Å². The van der Waals surface area contributed by atoms with E-state index in [1.54, 1.807) is 0 Å². The Balaban J connectivity index is 1.36. The topological polar surface area (TPSA) is 95.9 Å². The van der Waals surface area contributed by atoms with Crippen molar-refractivity contribution in [3.8, 4) is 11.1 Å². The second kappa shape index (κ2) is 9.65. The highest BCUT2D eigenvalue weighted by molar-refractivity contribution is 5.85. The third kappa shape index (κ3) is 4.58. The van der Waals surface area contributed by atoms with Crippen molar-refractivity contribution in [3.63, 3.8) is 0 Å². The highest BCUT2D eigenvalue weighted by Crippen LogP contribution is 2.44. The van der Waals surface area contributed by atoms with E-state index in [9.17, 15) is 19.5 Å². The molecule has 0 spiro atoms. The van der Waals surface area contributed by atoms with E-state index in [0.29, 0.717) is 19.4 Å². The normalized spacial score (nSPS) is 20.1. The monoisotopic (exact) mass is 450 g/mol. The number of benzene rings is 2. The minimum atomic E-state index is -0.981. The Hall–Kier alpha value is -3.35. The van der Waals surface area contributed by atoms with E-state index >= 15 is 0 Å². The first-order chi connectivity index (χ1) is 15.9. The summed E-state index contributed by atoms with van der Waals surface area (Å²) in [5.41, 5.74) is 4.59. The highest BCUT2D eigenvalue weighted by Gasteiger charge is 2.39. The fraction of sp³-hybridized carbons (Fsp3) is 0.423. The molecule has 4 rings (SSSR count). The van der Waals surface area contributed by atoms with E-state index in [1.165, 1.54) is 4.90 Å². The number of nitrogens with one attached hydrogen (secondary N) is 1. The second-order valence-corrected chi connectivity index (χ2v) is 8.92. The Morgan fingerprint density at radius 1 is 1.09 bits per heavy atom. The van der Waals surface area contributed by atoms with Crippen LogP contribution < -0.4 is 5.32 Å². The van der Waals surface area contributed by atoms with Gasteiger partial charge in [0.1, 0.15) is 12.6 Å². The number of rotatable bonds is 7. The average Bonchev–Trinajstić information content (AvgIpc) is 3.35. The van der Waals surface area contributed by atoms with Crippen molar-refractivity contribution in [2.24, 2.45) is 5.92 Å². The molecule has 7 nitrogen and oxygen atoms in total. The van der Waals surface area contributed by atoms with Crippen molar-refractivity contribution in [1.29, 1.82) is 0 Å². The van der Waals surface area contributed by atoms with Crippen molar-refractivity contribution in [3.05, 3.63) is 59.7 Å². The van der Waals surface area contributed by atoms with Gasteiger partial charge in [0.05, 0.1) is 0 Å². The van der Waals surface area contributed by atoms with Crippen LogP contribution in [0.3, 0.4) is 0 Å². The summed E-state index contributed by atoms with van der Waals surface area (Å²) in [5, 5.41) is 12.3. The number of carbonyl (C=O) groups is 3. The number of carboxylic acid groups (broad SMARTS) is 1. The minimum absolute atomic E-state index is 0.0349. The number of alkyl carbamates (subject to hydrolysis) is 1. The minimum Gasteiger partial charge on any atom is -0.480 e. The summed E-state index contributed by atoms with van der Waals surface area (Å²) in [4.78, 5) is 38.3. The first-order valence-electron chi connectivity index (χ1n) is 11.5. The predicted octanol–water partition coefficient (Wildman–Crippen LogP) is 4.02. The maximum atomic E-state index is 12.8. The number of carbonyl (C=O) groups excluding carboxylic acids is 2. The molecule has 1 aliphatic heterocycles. The first-order valence-corrected chi connectivity index (χ1v) is 11.5. The molecule has 1 saturated heterocycles. The molecule has 2 amide bonds. The molecule has 2 N–H and O–H groups in total. The van der Waals surface area contributed by atoms with Crippen LogP contribution >= 0.6 is 0 Å². The van der Waals surface area contributed by atoms with E-state index in [4.69, 9.17) is 4.74 Å². The molecule has 0 bridgehead atoms. The van der Waals surface area contributed by atoms with Gasteiger partial charge >= 0.3 is 12.1 Å². The van der Waals surface area contributed by atoms with Crippen LogP contribution in [0.4, 0.5) is 4.79 Å². The van der Waals surface area contributed by atoms with Crippen LogP contribution in [-0.2, 0) is 14.3 Å². The molecular weight excluding hydrogens is 420 g/mol. The molecule has 0 saturated carbocycles. The van der Waals surface area contributed by atoms with Gasteiger partial charge in [-0.2, -0.15) is 0 Å². The molecule has 0 aromatic heterocycles. The Bertz CT molecular complexity index is 1010. The molecule has 7 heteroatoms. The van der Waals surface area contributed by atoms with Gasteiger partial charge in [-0.3, -0.25) is 4.79 Å². The summed E-state index contributed by atoms with van der Waals surface area (Å²) < 4.78 is 5.59. The summed E-state index contributed by atoms with van der Waals surface area (Å²) in [6, 6.07) is 15.0. The Morgan fingerprint density at radius 2 is 1.70 bits per heavy atom. The van der Waals surface area contributed by atoms with Crippen LogP contribution in [0.1, 0.15) is 50.2 Å². The van der Waals surface area contributed by atoms with Gasteiger partial charge in [-0.15, -0.1) is 0 Å². The zero-order chi connectivity index (χ0) is 23.5. The van der Waals surface area contributed by atoms with Crippen LogP contribution in [0.2, 0.25) is 0 Å². The fourth-order valence-corrected chi connectivity index (χ4v) is 5.04. The maximum Gasteiger partial charge on any atom is 0.407 e. The quantitative estimate of drug-likeness (QED) is 0.664. The summed E-state index contributed by atoms with van der Waals surface area (Å²) in [6.45, 7) is 4.36. The molecule has 2 aliphatic rings. The molecular formula is C26H30N2O5. The number of amides is 2. The summed E-state index contributed by atoms with van der Waals surface area (Å²) in [6.07, 6.45) is 0.689. The lowest BCUT2D eigenvalue weighted by molar-refractivity contribution is -0.149. The number of carboxylic acids is 1. The fourth-order valence-electron chi connectivity index (χ4n) is 5.04. The predicted molar refractivity (Wildman–Crippen MR) is 124 cm³/mol. The lowest BCUT2D eigenvalue weighted by Gasteiger charge is -2.26. The third-order valence-electron chi connectivity index (χ3n) is 6.85. The smallest absolute Gasteiger partial charge is 0.407 e. The summed E-state index contributed by atoms with van der Waals surface area (Å²) in [7, 11) is 0. The summed E-state index contributed by atoms with van der Waals surface area (Å²) >= 11 is 0. The van der Waals surface area contributed by atoms with E-state index < -0.39 is 24.1 Å². The zero-order valence-electron chi connectivity index (χ0n) is 19.0. The molecule has 2 aromatic carbocycles. The van der Waals surface area contributed by atoms with E-state index in [2.05, 4.69) is 29.6 Å². The van der Waals surface area contributed by atoms with Crippen molar-refractivity contribution in [1.82, 2.24) is 10.2 Å². The number of fused-ring (bicyclic) bond motifs is 3. The largest absolute Gasteiger partial charge is 0.480 e. The number of hydrogen-bond acceptors (Lipinski definition) is 4. The van der Waals surface area contributed by atoms with Crippen molar-refractivity contribution < 1.29 is 24.2 Å². The molecule has 0 radical (unpaired) electrons. The van der Waals surface area contributed by atoms with Gasteiger partial charge in [-0.05, 0) is 41.0 Å². The molecule has 3 atom stereocenters. The molecule has 2 aromatic rings. The van der Waals surface area contributed by atoms with Gasteiger partial charge in [-0.1, -0.05) is 62.4 Å². The highest BCUT2D eigenvalue weighted by atomic mass is 16.5. The first kappa shape index (κ1) is 22.8. The summed E-state index contributed by atoms with van der Waals surface area (Å²) in [5.74, 6) is -1.35. The van der Waals surface area contributed by atoms with Gasteiger partial charge in [0.2, 0.25) is 5.91 Å². The van der Waals surface area contributed by atoms with Gasteiger partial charge in [0.15, 0.2) is 0 Å². The van der Waals surface area contributed by atoms with E-state index in [0.717, 1.165) is 22.3 Å². The van der Waals surface area contributed by atoms with Gasteiger partial charge in [-0.25, -0.2) is 9.59 Å². The third-order valence-corrected chi connectivity index (χ3v) is 6.85. The van der Waals surface area contributed by atoms with Crippen LogP contribution in [0.15, 0.2) is 48.5 Å². The van der Waals surface area contributed by atoms with Crippen molar-refractivity contribution >= 4 is 18.0 Å². The number of nitrogens with zero attached hydrogens (tertiary/aromatic N) is 1. The van der Waals surface area contributed by atoms with Gasteiger partial charge in [0, 0.05) is 24.9 Å². The SMILES string of the molecule is CC[C@H](CC(=O)N1CCC(C)C1C(=O)O)NC(=O)OCC1c2ccccc2-c2ccccc21. The molecule has 2 unspecified atom stereocenters. The van der Waals surface area contributed by atoms with Crippen molar-refractivity contribution in [2.45, 2.75) is 51.1 Å². The van der Waals surface area contributed by atoms with Crippen LogP contribution in [0.25, 0.3) is 11.1 Å². The van der Waals surface area contributed by atoms with Crippen LogP contribution in [-0.4, -0.2) is 53.2 Å². The zero-order valence-corrected chi connectivity index (χ0v) is 19.0. The molecule has 174 valence electrons. The Morgan fingerprint density at radius 3 is 2.27 bits per heavy atom. The second-order valence-electron chi connectivity index (χ2n) is 8.92. The number of aliphatic carboxylic acids is 1. The van der Waals surface area contributed by atoms with E-state index in [-0.39, 0.29) is 30.8 Å². The number of likely N-dealkylation sites (tertiary alicyclic amines) is 1. The Labute approximate surface area is 193 Å². The lowest BCUT2D eigenvalue weighted by atomic mass is 9.98. The van der Waals surface area contributed by atoms with E-state index in [1.807, 2.05) is 38.1 Å².